The van der Waals surface area contributed by atoms with E-state index in [0.717, 1.165) is 31.5 Å². The third-order valence-electron chi connectivity index (χ3n) is 3.45. The van der Waals surface area contributed by atoms with E-state index in [4.69, 9.17) is 4.74 Å². The van der Waals surface area contributed by atoms with Crippen LogP contribution in [0.25, 0.3) is 0 Å². The molecule has 1 saturated heterocycles. The molecule has 0 aliphatic carbocycles. The molecular weight excluding hydrogens is 314 g/mol. The fourth-order valence-electron chi connectivity index (χ4n) is 2.32. The maximum absolute atomic E-state index is 12.1. The summed E-state index contributed by atoms with van der Waals surface area (Å²) in [6.07, 6.45) is -0.791. The minimum Gasteiger partial charge on any atom is -0.488 e. The quantitative estimate of drug-likeness (QED) is 0.839. The molecule has 124 valence electrons. The maximum atomic E-state index is 12.1. The summed E-state index contributed by atoms with van der Waals surface area (Å²) in [6.45, 7) is 1.50. The molecule has 7 heteroatoms. The van der Waals surface area contributed by atoms with Gasteiger partial charge in [0.1, 0.15) is 12.4 Å². The molecule has 0 saturated carbocycles. The Bertz CT molecular complexity index is 469. The number of alkyl halides is 2. The van der Waals surface area contributed by atoms with Crippen molar-refractivity contribution in [3.8, 4) is 5.75 Å². The Hall–Kier alpha value is -1.40. The highest BCUT2D eigenvalue weighted by Crippen LogP contribution is 2.15. The first-order chi connectivity index (χ1) is 10.1. The minimum atomic E-state index is -2.49. The number of benzene rings is 1. The van der Waals surface area contributed by atoms with E-state index < -0.39 is 13.0 Å². The van der Waals surface area contributed by atoms with Gasteiger partial charge in [0.2, 0.25) is 5.91 Å². The summed E-state index contributed by atoms with van der Waals surface area (Å²) >= 11 is 0. The van der Waals surface area contributed by atoms with Gasteiger partial charge < -0.3 is 15.4 Å². The van der Waals surface area contributed by atoms with Gasteiger partial charge in [0, 0.05) is 12.5 Å². The van der Waals surface area contributed by atoms with Crippen LogP contribution in [0.2, 0.25) is 0 Å². The lowest BCUT2D eigenvalue weighted by molar-refractivity contribution is -0.125. The Morgan fingerprint density at radius 2 is 2.09 bits per heavy atom. The third-order valence-corrected chi connectivity index (χ3v) is 3.45. The summed E-state index contributed by atoms with van der Waals surface area (Å²) in [5, 5.41) is 6.11. The molecule has 1 fully saturated rings. The summed E-state index contributed by atoms with van der Waals surface area (Å²) in [4.78, 5) is 12.0. The average molecular weight is 335 g/mol. The molecule has 2 N–H and O–H groups in total. The molecule has 1 amide bonds. The number of nitrogens with one attached hydrogen (secondary N) is 2. The SMILES string of the molecule is Cl.O=C(NCc1cccc(OCC(F)F)c1)C1CCNCC1. The number of piperidine rings is 1. The number of rotatable bonds is 6. The number of hydrogen-bond donors (Lipinski definition) is 2. The van der Waals surface area contributed by atoms with E-state index in [1.54, 1.807) is 18.2 Å². The Labute approximate surface area is 135 Å². The van der Waals surface area contributed by atoms with Crippen molar-refractivity contribution in [3.05, 3.63) is 29.8 Å². The van der Waals surface area contributed by atoms with Gasteiger partial charge in [-0.3, -0.25) is 4.79 Å². The molecule has 1 aromatic rings. The summed E-state index contributed by atoms with van der Waals surface area (Å²) in [5.41, 5.74) is 0.837. The third kappa shape index (κ3) is 6.15. The van der Waals surface area contributed by atoms with E-state index in [1.807, 2.05) is 6.07 Å². The number of amides is 1. The number of halogens is 3. The molecule has 0 atom stereocenters. The molecule has 0 radical (unpaired) electrons. The summed E-state index contributed by atoms with van der Waals surface area (Å²) in [7, 11) is 0. The maximum Gasteiger partial charge on any atom is 0.272 e. The van der Waals surface area contributed by atoms with E-state index in [1.165, 1.54) is 0 Å². The van der Waals surface area contributed by atoms with Gasteiger partial charge in [0.05, 0.1) is 0 Å². The smallest absolute Gasteiger partial charge is 0.272 e. The lowest BCUT2D eigenvalue weighted by Gasteiger charge is -2.21. The molecular formula is C15H21ClF2N2O2. The Morgan fingerprint density at radius 1 is 1.36 bits per heavy atom. The van der Waals surface area contributed by atoms with Crippen LogP contribution < -0.4 is 15.4 Å². The van der Waals surface area contributed by atoms with Crippen LogP contribution in [0.5, 0.6) is 5.75 Å². The normalized spacial score (nSPS) is 15.2. The van der Waals surface area contributed by atoms with E-state index in [-0.39, 0.29) is 24.2 Å². The van der Waals surface area contributed by atoms with Crippen LogP contribution in [0.3, 0.4) is 0 Å². The van der Waals surface area contributed by atoms with Gasteiger partial charge in [-0.1, -0.05) is 12.1 Å². The van der Waals surface area contributed by atoms with E-state index in [9.17, 15) is 13.6 Å². The van der Waals surface area contributed by atoms with Crippen LogP contribution in [0, 0.1) is 5.92 Å². The van der Waals surface area contributed by atoms with Gasteiger partial charge in [-0.2, -0.15) is 0 Å². The highest BCUT2D eigenvalue weighted by molar-refractivity contribution is 5.85. The number of carbonyl (C=O) groups is 1. The molecule has 0 bridgehead atoms. The predicted octanol–water partition coefficient (Wildman–Crippen LogP) is 2.37. The van der Waals surface area contributed by atoms with Crippen molar-refractivity contribution in [1.29, 1.82) is 0 Å². The second-order valence-electron chi connectivity index (χ2n) is 5.09. The van der Waals surface area contributed by atoms with Crippen LogP contribution >= 0.6 is 12.4 Å². The molecule has 4 nitrogen and oxygen atoms in total. The van der Waals surface area contributed by atoms with Crippen molar-refractivity contribution in [3.63, 3.8) is 0 Å². The molecule has 0 aromatic heterocycles. The van der Waals surface area contributed by atoms with Gasteiger partial charge in [-0.25, -0.2) is 8.78 Å². The standard InChI is InChI=1S/C15H20F2N2O2.ClH/c16-14(17)10-21-13-3-1-2-11(8-13)9-19-15(20)12-4-6-18-7-5-12;/h1-3,8,12,14,18H,4-7,9-10H2,(H,19,20);1H. The zero-order valence-corrected chi connectivity index (χ0v) is 13.0. The largest absolute Gasteiger partial charge is 0.488 e. The summed E-state index contributed by atoms with van der Waals surface area (Å²) in [5.74, 6) is 0.504. The molecule has 2 rings (SSSR count). The molecule has 22 heavy (non-hydrogen) atoms. The van der Waals surface area contributed by atoms with E-state index in [2.05, 4.69) is 10.6 Å². The molecule has 1 aromatic carbocycles. The Balaban J connectivity index is 0.00000242. The zero-order valence-electron chi connectivity index (χ0n) is 12.2. The van der Waals surface area contributed by atoms with Crippen molar-refractivity contribution in [1.82, 2.24) is 10.6 Å². The zero-order chi connectivity index (χ0) is 15.1. The highest BCUT2D eigenvalue weighted by Gasteiger charge is 2.20. The van der Waals surface area contributed by atoms with Crippen LogP contribution in [-0.2, 0) is 11.3 Å². The second kappa shape index (κ2) is 9.58. The Morgan fingerprint density at radius 3 is 2.77 bits per heavy atom. The van der Waals surface area contributed by atoms with Gasteiger partial charge in [-0.15, -0.1) is 12.4 Å². The van der Waals surface area contributed by atoms with Crippen LogP contribution in [-0.4, -0.2) is 32.0 Å². The number of hydrogen-bond acceptors (Lipinski definition) is 3. The van der Waals surface area contributed by atoms with Gasteiger partial charge in [0.15, 0.2) is 0 Å². The fourth-order valence-corrected chi connectivity index (χ4v) is 2.32. The van der Waals surface area contributed by atoms with Gasteiger partial charge >= 0.3 is 0 Å². The van der Waals surface area contributed by atoms with Crippen molar-refractivity contribution in [2.24, 2.45) is 5.92 Å². The number of ether oxygens (including phenoxy) is 1. The topological polar surface area (TPSA) is 50.4 Å². The first-order valence-corrected chi connectivity index (χ1v) is 7.13. The molecule has 0 spiro atoms. The van der Waals surface area contributed by atoms with Crippen LogP contribution in [0.15, 0.2) is 24.3 Å². The minimum absolute atomic E-state index is 0. The predicted molar refractivity (Wildman–Crippen MR) is 82.6 cm³/mol. The molecule has 1 aliphatic rings. The molecule has 1 aliphatic heterocycles. The van der Waals surface area contributed by atoms with Crippen molar-refractivity contribution < 1.29 is 18.3 Å². The van der Waals surface area contributed by atoms with Crippen molar-refractivity contribution >= 4 is 18.3 Å². The number of carbonyl (C=O) groups excluding carboxylic acids is 1. The Kier molecular flexibility index (Phi) is 8.12. The summed E-state index contributed by atoms with van der Waals surface area (Å²) in [6, 6.07) is 6.86. The summed E-state index contributed by atoms with van der Waals surface area (Å²) < 4.78 is 29.1. The molecule has 1 heterocycles. The fraction of sp³-hybridized carbons (Fsp3) is 0.533. The van der Waals surface area contributed by atoms with Crippen LogP contribution in [0.4, 0.5) is 8.78 Å². The molecule has 0 unspecified atom stereocenters. The highest BCUT2D eigenvalue weighted by atomic mass is 35.5. The van der Waals surface area contributed by atoms with Crippen molar-refractivity contribution in [2.45, 2.75) is 25.8 Å². The van der Waals surface area contributed by atoms with Gasteiger partial charge in [0.25, 0.3) is 6.43 Å². The van der Waals surface area contributed by atoms with Crippen LogP contribution in [0.1, 0.15) is 18.4 Å². The first kappa shape index (κ1) is 18.6. The first-order valence-electron chi connectivity index (χ1n) is 7.13. The van der Waals surface area contributed by atoms with E-state index >= 15 is 0 Å². The van der Waals surface area contributed by atoms with Crippen molar-refractivity contribution in [2.75, 3.05) is 19.7 Å². The lowest BCUT2D eigenvalue weighted by atomic mass is 9.97. The second-order valence-corrected chi connectivity index (χ2v) is 5.09. The average Bonchev–Trinajstić information content (AvgIpc) is 2.52. The van der Waals surface area contributed by atoms with E-state index in [0.29, 0.717) is 12.3 Å². The lowest BCUT2D eigenvalue weighted by Crippen LogP contribution is -2.37. The van der Waals surface area contributed by atoms with Gasteiger partial charge in [-0.05, 0) is 43.6 Å². The monoisotopic (exact) mass is 334 g/mol.